The van der Waals surface area contributed by atoms with Gasteiger partial charge < -0.3 is 5.32 Å². The Morgan fingerprint density at radius 3 is 2.73 bits per heavy atom. The van der Waals surface area contributed by atoms with Crippen molar-refractivity contribution in [2.24, 2.45) is 0 Å². The molecule has 1 fully saturated rings. The summed E-state index contributed by atoms with van der Waals surface area (Å²) in [6.45, 7) is 9.00. The van der Waals surface area contributed by atoms with E-state index in [0.717, 1.165) is 30.9 Å². The molecule has 1 amide bonds. The molecule has 1 aliphatic rings. The minimum atomic E-state index is -0.290. The first-order chi connectivity index (χ1) is 12.5. The predicted octanol–water partition coefficient (Wildman–Crippen LogP) is 3.35. The molecule has 26 heavy (non-hydrogen) atoms. The number of benzene rings is 1. The Morgan fingerprint density at radius 2 is 2.08 bits per heavy atom. The van der Waals surface area contributed by atoms with Gasteiger partial charge in [0.15, 0.2) is 0 Å². The number of hydrogen-bond acceptors (Lipinski definition) is 3. The Bertz CT molecular complexity index is 754. The molecular formula is C20H27FN4O. The maximum absolute atomic E-state index is 13.2. The Balaban J connectivity index is 1.79. The van der Waals surface area contributed by atoms with Gasteiger partial charge in [0.2, 0.25) is 0 Å². The smallest absolute Gasteiger partial charge is 0.254 e. The van der Waals surface area contributed by atoms with Gasteiger partial charge in [-0.05, 0) is 56.1 Å². The molecule has 2 heterocycles. The van der Waals surface area contributed by atoms with E-state index in [4.69, 9.17) is 0 Å². The molecule has 5 nitrogen and oxygen atoms in total. The average Bonchev–Trinajstić information content (AvgIpc) is 3.26. The first kappa shape index (κ1) is 18.6. The highest BCUT2D eigenvalue weighted by atomic mass is 19.1. The molecule has 0 bridgehead atoms. The number of halogens is 1. The number of carbonyl (C=O) groups excluding carboxylic acids is 1. The third-order valence-electron chi connectivity index (χ3n) is 5.07. The van der Waals surface area contributed by atoms with E-state index in [0.29, 0.717) is 18.2 Å². The van der Waals surface area contributed by atoms with Gasteiger partial charge in [-0.1, -0.05) is 20.8 Å². The number of nitrogens with one attached hydrogen (secondary N) is 1. The first-order valence-electron chi connectivity index (χ1n) is 9.37. The van der Waals surface area contributed by atoms with Crippen molar-refractivity contribution in [2.45, 2.75) is 45.6 Å². The molecule has 0 saturated carbocycles. The number of hydrogen-bond donors (Lipinski definition) is 1. The van der Waals surface area contributed by atoms with Crippen LogP contribution in [0.25, 0.3) is 5.69 Å². The van der Waals surface area contributed by atoms with E-state index in [1.807, 2.05) is 13.8 Å². The number of likely N-dealkylation sites (tertiary alicyclic amines) is 1. The van der Waals surface area contributed by atoms with Gasteiger partial charge >= 0.3 is 0 Å². The largest absolute Gasteiger partial charge is 0.350 e. The monoisotopic (exact) mass is 358 g/mol. The fourth-order valence-corrected chi connectivity index (χ4v) is 3.72. The van der Waals surface area contributed by atoms with Crippen molar-refractivity contribution in [3.05, 3.63) is 47.5 Å². The lowest BCUT2D eigenvalue weighted by molar-refractivity contribution is 0.0940. The van der Waals surface area contributed by atoms with Crippen molar-refractivity contribution >= 4 is 5.91 Å². The molecule has 0 radical (unpaired) electrons. The summed E-state index contributed by atoms with van der Waals surface area (Å²) in [4.78, 5) is 15.2. The molecule has 140 valence electrons. The van der Waals surface area contributed by atoms with Gasteiger partial charge in [-0.25, -0.2) is 9.07 Å². The Kier molecular flexibility index (Phi) is 5.71. The predicted molar refractivity (Wildman–Crippen MR) is 100 cm³/mol. The highest BCUT2D eigenvalue weighted by molar-refractivity contribution is 5.95. The lowest BCUT2D eigenvalue weighted by atomic mass is 10.0. The molecule has 2 aromatic rings. The fraction of sp³-hybridized carbons (Fsp3) is 0.500. The maximum atomic E-state index is 13.2. The maximum Gasteiger partial charge on any atom is 0.254 e. The summed E-state index contributed by atoms with van der Waals surface area (Å²) in [7, 11) is 0. The van der Waals surface area contributed by atoms with Gasteiger partial charge in [-0.15, -0.1) is 0 Å². The number of aromatic nitrogens is 2. The molecule has 1 atom stereocenters. The van der Waals surface area contributed by atoms with Crippen molar-refractivity contribution in [3.63, 3.8) is 0 Å². The average molecular weight is 358 g/mol. The third kappa shape index (κ3) is 3.80. The van der Waals surface area contributed by atoms with Crippen molar-refractivity contribution in [1.82, 2.24) is 20.0 Å². The van der Waals surface area contributed by atoms with E-state index in [9.17, 15) is 9.18 Å². The van der Waals surface area contributed by atoms with Gasteiger partial charge in [-0.2, -0.15) is 5.10 Å². The molecule has 3 rings (SSSR count). The summed E-state index contributed by atoms with van der Waals surface area (Å²) in [5.74, 6) is -0.269. The van der Waals surface area contributed by atoms with Crippen molar-refractivity contribution < 1.29 is 9.18 Å². The summed E-state index contributed by atoms with van der Waals surface area (Å²) in [5, 5.41) is 7.47. The second-order valence-electron chi connectivity index (χ2n) is 7.12. The van der Waals surface area contributed by atoms with E-state index in [1.54, 1.807) is 23.0 Å². The normalized spacial score (nSPS) is 17.8. The van der Waals surface area contributed by atoms with E-state index in [1.165, 1.54) is 18.6 Å². The molecule has 1 aromatic heterocycles. The molecule has 0 aliphatic carbocycles. The van der Waals surface area contributed by atoms with Crippen LogP contribution in [0.15, 0.2) is 30.5 Å². The minimum absolute atomic E-state index is 0.0926. The second-order valence-corrected chi connectivity index (χ2v) is 7.12. The summed E-state index contributed by atoms with van der Waals surface area (Å²) < 4.78 is 14.9. The summed E-state index contributed by atoms with van der Waals surface area (Å²) in [6, 6.07) is 6.57. The lowest BCUT2D eigenvalue weighted by Gasteiger charge is -2.23. The van der Waals surface area contributed by atoms with Crippen LogP contribution in [0.3, 0.4) is 0 Å². The van der Waals surface area contributed by atoms with Gasteiger partial charge in [0.25, 0.3) is 5.91 Å². The molecule has 1 aliphatic heterocycles. The van der Waals surface area contributed by atoms with Crippen molar-refractivity contribution in [2.75, 3.05) is 19.6 Å². The summed E-state index contributed by atoms with van der Waals surface area (Å²) in [6.07, 6.45) is 3.92. The quantitative estimate of drug-likeness (QED) is 0.862. The van der Waals surface area contributed by atoms with Crippen LogP contribution in [0.4, 0.5) is 4.39 Å². The fourth-order valence-electron chi connectivity index (χ4n) is 3.72. The highest BCUT2D eigenvalue weighted by Gasteiger charge is 2.25. The lowest BCUT2D eigenvalue weighted by Crippen LogP contribution is -2.40. The molecule has 1 saturated heterocycles. The zero-order valence-corrected chi connectivity index (χ0v) is 15.7. The Morgan fingerprint density at radius 1 is 1.35 bits per heavy atom. The molecular weight excluding hydrogens is 331 g/mol. The number of rotatable bonds is 6. The Labute approximate surface area is 154 Å². The summed E-state index contributed by atoms with van der Waals surface area (Å²) in [5.41, 5.74) is 2.18. The number of amides is 1. The number of likely N-dealkylation sites (N-methyl/N-ethyl adjacent to an activating group) is 1. The van der Waals surface area contributed by atoms with E-state index in [-0.39, 0.29) is 17.6 Å². The number of nitrogens with zero attached hydrogens (tertiary/aromatic N) is 3. The first-order valence-corrected chi connectivity index (χ1v) is 9.37. The zero-order valence-electron chi connectivity index (χ0n) is 15.7. The molecule has 6 heteroatoms. The molecule has 1 aromatic carbocycles. The van der Waals surface area contributed by atoms with Crippen molar-refractivity contribution in [3.8, 4) is 5.69 Å². The second kappa shape index (κ2) is 7.99. The van der Waals surface area contributed by atoms with Gasteiger partial charge in [0.1, 0.15) is 5.82 Å². The molecule has 1 unspecified atom stereocenters. The zero-order chi connectivity index (χ0) is 18.7. The van der Waals surface area contributed by atoms with Crippen LogP contribution in [0.1, 0.15) is 55.6 Å². The van der Waals surface area contributed by atoms with Crippen molar-refractivity contribution in [1.29, 1.82) is 0 Å². The van der Waals surface area contributed by atoms with Gasteiger partial charge in [0, 0.05) is 12.6 Å². The van der Waals surface area contributed by atoms with Crippen LogP contribution in [0, 0.1) is 5.82 Å². The standard InChI is InChI=1S/C20H27FN4O/c1-4-24-11-5-6-17(24)12-22-20(26)18-13-23-25(19(18)14(2)3)16-9-7-15(21)8-10-16/h7-10,13-14,17H,4-6,11-12H2,1-3H3,(H,22,26). The van der Waals surface area contributed by atoms with Crippen LogP contribution in [-0.2, 0) is 0 Å². The van der Waals surface area contributed by atoms with Crippen LogP contribution in [0.5, 0.6) is 0 Å². The SMILES string of the molecule is CCN1CCCC1CNC(=O)c1cnn(-c2ccc(F)cc2)c1C(C)C. The number of carbonyl (C=O) groups is 1. The van der Waals surface area contributed by atoms with E-state index >= 15 is 0 Å². The topological polar surface area (TPSA) is 50.2 Å². The van der Waals surface area contributed by atoms with Crippen LogP contribution in [0.2, 0.25) is 0 Å². The third-order valence-corrected chi connectivity index (χ3v) is 5.07. The highest BCUT2D eigenvalue weighted by Crippen LogP contribution is 2.23. The van der Waals surface area contributed by atoms with Crippen LogP contribution in [-0.4, -0.2) is 46.3 Å². The van der Waals surface area contributed by atoms with E-state index in [2.05, 4.69) is 22.2 Å². The molecule has 0 spiro atoms. The van der Waals surface area contributed by atoms with Gasteiger partial charge in [0.05, 0.1) is 23.1 Å². The Hall–Kier alpha value is -2.21. The van der Waals surface area contributed by atoms with E-state index < -0.39 is 0 Å². The summed E-state index contributed by atoms with van der Waals surface area (Å²) >= 11 is 0. The van der Waals surface area contributed by atoms with Crippen LogP contribution >= 0.6 is 0 Å². The molecule has 1 N–H and O–H groups in total. The van der Waals surface area contributed by atoms with Crippen LogP contribution < -0.4 is 5.32 Å². The van der Waals surface area contributed by atoms with Gasteiger partial charge in [-0.3, -0.25) is 9.69 Å². The minimum Gasteiger partial charge on any atom is -0.350 e.